The summed E-state index contributed by atoms with van der Waals surface area (Å²) in [6.07, 6.45) is 5.87. The van der Waals surface area contributed by atoms with Gasteiger partial charge in [-0.15, -0.1) is 0 Å². The summed E-state index contributed by atoms with van der Waals surface area (Å²) >= 11 is 0. The molecule has 1 heterocycles. The third kappa shape index (κ3) is 3.38. The number of carbonyl (C=O) groups excluding carboxylic acids is 1. The number of hydrogen-bond donors (Lipinski definition) is 0. The van der Waals surface area contributed by atoms with Crippen molar-refractivity contribution < 1.29 is 4.79 Å². The first-order valence-electron chi connectivity index (χ1n) is 8.49. The molecule has 2 aromatic carbocycles. The van der Waals surface area contributed by atoms with Crippen molar-refractivity contribution in [3.8, 4) is 0 Å². The number of Topliss-reactive ketones (excluding diaryl/α,β-unsaturated/α-hetero) is 1. The lowest BCUT2D eigenvalue weighted by atomic mass is 9.96. The molecule has 0 saturated carbocycles. The zero-order valence-electron chi connectivity index (χ0n) is 13.5. The number of likely N-dealkylation sites (tertiary alicyclic amines) is 1. The van der Waals surface area contributed by atoms with Gasteiger partial charge in [0, 0.05) is 18.5 Å². The van der Waals surface area contributed by atoms with Crippen molar-refractivity contribution >= 4 is 16.6 Å². The van der Waals surface area contributed by atoms with Gasteiger partial charge in [-0.05, 0) is 49.2 Å². The van der Waals surface area contributed by atoms with Crippen LogP contribution in [0.3, 0.4) is 0 Å². The molecule has 0 atom stereocenters. The first kappa shape index (κ1) is 15.2. The molecule has 22 heavy (non-hydrogen) atoms. The summed E-state index contributed by atoms with van der Waals surface area (Å²) in [5.74, 6) is 0.278. The van der Waals surface area contributed by atoms with Gasteiger partial charge in [0.15, 0.2) is 5.78 Å². The number of ketones is 1. The van der Waals surface area contributed by atoms with E-state index in [1.54, 1.807) is 0 Å². The molecule has 0 N–H and O–H groups in total. The van der Waals surface area contributed by atoms with E-state index in [0.717, 1.165) is 30.6 Å². The second kappa shape index (κ2) is 7.06. The maximum absolute atomic E-state index is 12.7. The van der Waals surface area contributed by atoms with Crippen LogP contribution in [0.15, 0.2) is 36.4 Å². The number of rotatable bonds is 4. The van der Waals surface area contributed by atoms with Gasteiger partial charge in [-0.3, -0.25) is 4.79 Å². The Labute approximate surface area is 133 Å². The van der Waals surface area contributed by atoms with Crippen LogP contribution in [0.25, 0.3) is 10.8 Å². The lowest BCUT2D eigenvalue weighted by Gasteiger charge is -2.19. The fraction of sp³-hybridized carbons (Fsp3) is 0.450. The lowest BCUT2D eigenvalue weighted by Crippen LogP contribution is -2.27. The van der Waals surface area contributed by atoms with Gasteiger partial charge in [-0.2, -0.15) is 0 Å². The average Bonchev–Trinajstić information content (AvgIpc) is 2.82. The van der Waals surface area contributed by atoms with Crippen molar-refractivity contribution in [2.75, 3.05) is 19.6 Å². The predicted octanol–water partition coefficient (Wildman–Crippen LogP) is 4.60. The van der Waals surface area contributed by atoms with Crippen molar-refractivity contribution in [1.82, 2.24) is 4.90 Å². The highest BCUT2D eigenvalue weighted by atomic mass is 16.1. The molecule has 0 aromatic heterocycles. The molecule has 1 aliphatic heterocycles. The summed E-state index contributed by atoms with van der Waals surface area (Å²) in [4.78, 5) is 15.1. The molecule has 2 aromatic rings. The second-order valence-corrected chi connectivity index (χ2v) is 6.40. The number of hydrogen-bond acceptors (Lipinski definition) is 2. The van der Waals surface area contributed by atoms with Crippen LogP contribution in [-0.4, -0.2) is 30.3 Å². The summed E-state index contributed by atoms with van der Waals surface area (Å²) in [6.45, 7) is 5.32. The minimum atomic E-state index is 0.278. The molecule has 1 fully saturated rings. The third-order valence-electron chi connectivity index (χ3n) is 4.80. The smallest absolute Gasteiger partial charge is 0.164 e. The minimum Gasteiger partial charge on any atom is -0.303 e. The van der Waals surface area contributed by atoms with Crippen molar-refractivity contribution in [2.24, 2.45) is 0 Å². The Bertz CT molecular complexity index is 654. The fourth-order valence-corrected chi connectivity index (χ4v) is 3.45. The Hall–Kier alpha value is -1.67. The van der Waals surface area contributed by atoms with Gasteiger partial charge in [0.25, 0.3) is 0 Å². The third-order valence-corrected chi connectivity index (χ3v) is 4.80. The maximum atomic E-state index is 12.7. The Morgan fingerprint density at radius 2 is 1.64 bits per heavy atom. The maximum Gasteiger partial charge on any atom is 0.164 e. The molecular formula is C20H25NO. The van der Waals surface area contributed by atoms with E-state index in [0.29, 0.717) is 6.42 Å². The standard InChI is InChI=1S/C20H25NO/c1-16-10-11-19(18-9-5-4-8-17(16)18)20(22)12-15-21-13-6-2-3-7-14-21/h4-5,8-11H,2-3,6-7,12-15H2,1H3. The highest BCUT2D eigenvalue weighted by Gasteiger charge is 2.14. The van der Waals surface area contributed by atoms with Gasteiger partial charge in [0.1, 0.15) is 0 Å². The van der Waals surface area contributed by atoms with Crippen LogP contribution in [0.4, 0.5) is 0 Å². The van der Waals surface area contributed by atoms with Crippen LogP contribution in [0.5, 0.6) is 0 Å². The molecule has 3 rings (SSSR count). The Balaban J connectivity index is 1.73. The first-order valence-corrected chi connectivity index (χ1v) is 8.49. The fourth-order valence-electron chi connectivity index (χ4n) is 3.45. The normalized spacial score (nSPS) is 16.6. The van der Waals surface area contributed by atoms with E-state index in [-0.39, 0.29) is 5.78 Å². The summed E-state index contributed by atoms with van der Waals surface area (Å²) in [6, 6.07) is 12.3. The highest BCUT2D eigenvalue weighted by molar-refractivity contribution is 6.08. The SMILES string of the molecule is Cc1ccc(C(=O)CCN2CCCCCC2)c2ccccc12. The zero-order valence-corrected chi connectivity index (χ0v) is 13.5. The number of aryl methyl sites for hydroxylation is 1. The number of benzene rings is 2. The van der Waals surface area contributed by atoms with Crippen LogP contribution in [0.2, 0.25) is 0 Å². The number of nitrogens with zero attached hydrogens (tertiary/aromatic N) is 1. The van der Waals surface area contributed by atoms with Crippen LogP contribution in [0, 0.1) is 6.92 Å². The van der Waals surface area contributed by atoms with Gasteiger partial charge in [-0.1, -0.05) is 49.2 Å². The summed E-state index contributed by atoms with van der Waals surface area (Å²) in [5, 5.41) is 2.30. The minimum absolute atomic E-state index is 0.278. The monoisotopic (exact) mass is 295 g/mol. The van der Waals surface area contributed by atoms with E-state index in [9.17, 15) is 4.79 Å². The quantitative estimate of drug-likeness (QED) is 0.768. The Morgan fingerprint density at radius 3 is 2.36 bits per heavy atom. The highest BCUT2D eigenvalue weighted by Crippen LogP contribution is 2.23. The van der Waals surface area contributed by atoms with E-state index in [4.69, 9.17) is 0 Å². The molecule has 116 valence electrons. The molecule has 0 aliphatic carbocycles. The van der Waals surface area contributed by atoms with E-state index in [1.807, 2.05) is 18.2 Å². The first-order chi connectivity index (χ1) is 10.8. The summed E-state index contributed by atoms with van der Waals surface area (Å²) in [7, 11) is 0. The average molecular weight is 295 g/mol. The van der Waals surface area contributed by atoms with E-state index in [2.05, 4.69) is 30.0 Å². The van der Waals surface area contributed by atoms with Gasteiger partial charge in [0.2, 0.25) is 0 Å². The van der Waals surface area contributed by atoms with Crippen LogP contribution in [-0.2, 0) is 0 Å². The molecule has 2 heteroatoms. The molecule has 2 nitrogen and oxygen atoms in total. The van der Waals surface area contributed by atoms with Gasteiger partial charge < -0.3 is 4.90 Å². The van der Waals surface area contributed by atoms with Gasteiger partial charge in [0.05, 0.1) is 0 Å². The molecule has 1 aliphatic rings. The largest absolute Gasteiger partial charge is 0.303 e. The molecule has 0 bridgehead atoms. The van der Waals surface area contributed by atoms with E-state index in [1.165, 1.54) is 36.6 Å². The van der Waals surface area contributed by atoms with Crippen molar-refractivity contribution in [2.45, 2.75) is 39.0 Å². The Morgan fingerprint density at radius 1 is 0.955 bits per heavy atom. The molecule has 0 unspecified atom stereocenters. The summed E-state index contributed by atoms with van der Waals surface area (Å²) < 4.78 is 0. The van der Waals surface area contributed by atoms with E-state index >= 15 is 0 Å². The molecule has 0 spiro atoms. The molecule has 1 saturated heterocycles. The predicted molar refractivity (Wildman–Crippen MR) is 92.5 cm³/mol. The van der Waals surface area contributed by atoms with Crippen molar-refractivity contribution in [1.29, 1.82) is 0 Å². The lowest BCUT2D eigenvalue weighted by molar-refractivity contribution is 0.0966. The molecule has 0 amide bonds. The summed E-state index contributed by atoms with van der Waals surface area (Å²) in [5.41, 5.74) is 2.12. The second-order valence-electron chi connectivity index (χ2n) is 6.40. The number of carbonyl (C=O) groups is 1. The Kier molecular flexibility index (Phi) is 4.89. The van der Waals surface area contributed by atoms with Gasteiger partial charge in [-0.25, -0.2) is 0 Å². The molecular weight excluding hydrogens is 270 g/mol. The zero-order chi connectivity index (χ0) is 15.4. The van der Waals surface area contributed by atoms with Gasteiger partial charge >= 0.3 is 0 Å². The van der Waals surface area contributed by atoms with Crippen LogP contribution < -0.4 is 0 Å². The van der Waals surface area contributed by atoms with Crippen molar-refractivity contribution in [3.63, 3.8) is 0 Å². The van der Waals surface area contributed by atoms with E-state index < -0.39 is 0 Å². The van der Waals surface area contributed by atoms with Crippen LogP contribution >= 0.6 is 0 Å². The molecule has 0 radical (unpaired) electrons. The van der Waals surface area contributed by atoms with Crippen LogP contribution in [0.1, 0.15) is 48.0 Å². The van der Waals surface area contributed by atoms with Crippen molar-refractivity contribution in [3.05, 3.63) is 47.5 Å². The topological polar surface area (TPSA) is 20.3 Å². The number of fused-ring (bicyclic) bond motifs is 1.